The van der Waals surface area contributed by atoms with Crippen LogP contribution in [0.15, 0.2) is 12.1 Å². The molecule has 0 N–H and O–H groups in total. The minimum absolute atomic E-state index is 0.0266. The Hall–Kier alpha value is -0.513. The number of aldehydes is 1. The summed E-state index contributed by atoms with van der Waals surface area (Å²) >= 11 is 12.1. The lowest BCUT2D eigenvalue weighted by atomic mass is 10.2. The van der Waals surface area contributed by atoms with Crippen molar-refractivity contribution in [2.24, 2.45) is 0 Å². The Kier molecular flexibility index (Phi) is 4.52. The van der Waals surface area contributed by atoms with Crippen LogP contribution in [0.1, 0.15) is 31.1 Å². The van der Waals surface area contributed by atoms with Crippen LogP contribution in [0.3, 0.4) is 0 Å². The summed E-state index contributed by atoms with van der Waals surface area (Å²) in [6.07, 6.45) is 0.741. The SMILES string of the molecule is CC(C)(C)[Si](C)(C)Oc1c(C=O)ccc(Cl)c1Cl. The lowest BCUT2D eigenvalue weighted by molar-refractivity contribution is 0.112. The molecule has 0 aromatic heterocycles. The molecule has 0 fully saturated rings. The molecule has 0 bridgehead atoms. The molecule has 0 aliphatic carbocycles. The standard InChI is InChI=1S/C13H18Cl2O2Si/c1-13(2,3)18(4,5)17-12-9(8-16)6-7-10(14)11(12)15/h6-8H,1-5H3. The monoisotopic (exact) mass is 304 g/mol. The molecule has 0 radical (unpaired) electrons. The van der Waals surface area contributed by atoms with Gasteiger partial charge in [0.25, 0.3) is 8.32 Å². The van der Waals surface area contributed by atoms with E-state index in [1.54, 1.807) is 12.1 Å². The van der Waals surface area contributed by atoms with Gasteiger partial charge in [0.2, 0.25) is 0 Å². The molecule has 0 amide bonds. The topological polar surface area (TPSA) is 26.3 Å². The molecular formula is C13H18Cl2O2Si. The molecule has 0 atom stereocenters. The van der Waals surface area contributed by atoms with Gasteiger partial charge in [-0.3, -0.25) is 4.79 Å². The maximum absolute atomic E-state index is 11.1. The van der Waals surface area contributed by atoms with Gasteiger partial charge >= 0.3 is 0 Å². The number of halogens is 2. The van der Waals surface area contributed by atoms with Crippen LogP contribution in [0.25, 0.3) is 0 Å². The van der Waals surface area contributed by atoms with Crippen LogP contribution in [0, 0.1) is 0 Å². The van der Waals surface area contributed by atoms with Gasteiger partial charge in [0.05, 0.1) is 10.6 Å². The Morgan fingerprint density at radius 1 is 1.22 bits per heavy atom. The van der Waals surface area contributed by atoms with E-state index in [1.807, 2.05) is 0 Å². The highest BCUT2D eigenvalue weighted by molar-refractivity contribution is 6.75. The fourth-order valence-corrected chi connectivity index (χ4v) is 2.61. The highest BCUT2D eigenvalue weighted by Gasteiger charge is 2.40. The molecule has 0 saturated heterocycles. The van der Waals surface area contributed by atoms with Gasteiger partial charge in [-0.1, -0.05) is 44.0 Å². The van der Waals surface area contributed by atoms with Crippen molar-refractivity contribution in [2.45, 2.75) is 38.9 Å². The Morgan fingerprint density at radius 2 is 1.78 bits per heavy atom. The molecule has 100 valence electrons. The maximum Gasteiger partial charge on any atom is 0.250 e. The molecule has 1 aromatic rings. The van der Waals surface area contributed by atoms with Gasteiger partial charge in [-0.05, 0) is 30.3 Å². The van der Waals surface area contributed by atoms with Crippen molar-refractivity contribution in [3.8, 4) is 5.75 Å². The first-order valence-corrected chi connectivity index (χ1v) is 9.39. The molecule has 18 heavy (non-hydrogen) atoms. The van der Waals surface area contributed by atoms with Gasteiger partial charge in [-0.15, -0.1) is 0 Å². The van der Waals surface area contributed by atoms with Crippen molar-refractivity contribution >= 4 is 37.8 Å². The van der Waals surface area contributed by atoms with E-state index in [4.69, 9.17) is 27.6 Å². The smallest absolute Gasteiger partial charge is 0.250 e. The predicted molar refractivity (Wildman–Crippen MR) is 79.7 cm³/mol. The summed E-state index contributed by atoms with van der Waals surface area (Å²) in [6.45, 7) is 10.6. The Labute approximate surface area is 119 Å². The van der Waals surface area contributed by atoms with E-state index in [0.717, 1.165) is 6.29 Å². The molecule has 0 aliphatic rings. The van der Waals surface area contributed by atoms with E-state index in [0.29, 0.717) is 21.4 Å². The van der Waals surface area contributed by atoms with E-state index in [9.17, 15) is 4.79 Å². The van der Waals surface area contributed by atoms with Gasteiger partial charge in [0.1, 0.15) is 10.8 Å². The molecule has 1 aromatic carbocycles. The Morgan fingerprint density at radius 3 is 2.22 bits per heavy atom. The normalized spacial score (nSPS) is 12.4. The van der Waals surface area contributed by atoms with E-state index in [1.165, 1.54) is 0 Å². The summed E-state index contributed by atoms with van der Waals surface area (Å²) in [5.74, 6) is 0.408. The minimum Gasteiger partial charge on any atom is -0.542 e. The van der Waals surface area contributed by atoms with Crippen LogP contribution in [-0.4, -0.2) is 14.6 Å². The summed E-state index contributed by atoms with van der Waals surface area (Å²) in [4.78, 5) is 11.1. The van der Waals surface area contributed by atoms with Crippen molar-refractivity contribution < 1.29 is 9.22 Å². The fraction of sp³-hybridized carbons (Fsp3) is 0.462. The summed E-state index contributed by atoms with van der Waals surface area (Å²) in [5, 5.41) is 0.737. The van der Waals surface area contributed by atoms with E-state index in [-0.39, 0.29) is 5.04 Å². The number of hydrogen-bond donors (Lipinski definition) is 0. The number of benzene rings is 1. The third-order valence-electron chi connectivity index (χ3n) is 3.37. The van der Waals surface area contributed by atoms with Gasteiger partial charge in [-0.2, -0.15) is 0 Å². The van der Waals surface area contributed by atoms with Crippen molar-refractivity contribution in [1.82, 2.24) is 0 Å². The van der Waals surface area contributed by atoms with Crippen LogP contribution in [-0.2, 0) is 0 Å². The number of carbonyl (C=O) groups is 1. The van der Waals surface area contributed by atoms with Crippen LogP contribution in [0.4, 0.5) is 0 Å². The summed E-state index contributed by atoms with van der Waals surface area (Å²) in [5.41, 5.74) is 0.439. The second-order valence-corrected chi connectivity index (χ2v) is 11.3. The quantitative estimate of drug-likeness (QED) is 0.567. The predicted octanol–water partition coefficient (Wildman–Crippen LogP) is 5.19. The molecule has 2 nitrogen and oxygen atoms in total. The molecule has 1 rings (SSSR count). The second-order valence-electron chi connectivity index (χ2n) is 5.76. The number of hydrogen-bond acceptors (Lipinski definition) is 2. The van der Waals surface area contributed by atoms with Crippen LogP contribution in [0.5, 0.6) is 5.75 Å². The zero-order valence-electron chi connectivity index (χ0n) is 11.3. The average Bonchev–Trinajstić information content (AvgIpc) is 2.23. The van der Waals surface area contributed by atoms with Crippen molar-refractivity contribution in [3.63, 3.8) is 0 Å². The fourth-order valence-electron chi connectivity index (χ4n) is 1.15. The highest BCUT2D eigenvalue weighted by atomic mass is 35.5. The average molecular weight is 305 g/mol. The van der Waals surface area contributed by atoms with E-state index < -0.39 is 8.32 Å². The lowest BCUT2D eigenvalue weighted by Gasteiger charge is -2.37. The maximum atomic E-state index is 11.1. The summed E-state index contributed by atoms with van der Waals surface area (Å²) in [7, 11) is -2.05. The van der Waals surface area contributed by atoms with Gasteiger partial charge in [0, 0.05) is 0 Å². The Bertz CT molecular complexity index is 465. The first-order chi connectivity index (χ1) is 8.10. The largest absolute Gasteiger partial charge is 0.542 e. The molecule has 5 heteroatoms. The second kappa shape index (κ2) is 5.23. The van der Waals surface area contributed by atoms with Crippen molar-refractivity contribution in [3.05, 3.63) is 27.7 Å². The molecule has 0 saturated carbocycles. The van der Waals surface area contributed by atoms with Crippen LogP contribution in [0.2, 0.25) is 28.2 Å². The number of rotatable bonds is 3. The Balaban J connectivity index is 3.26. The molecular weight excluding hydrogens is 287 g/mol. The van der Waals surface area contributed by atoms with E-state index in [2.05, 4.69) is 33.9 Å². The molecule has 0 heterocycles. The first kappa shape index (κ1) is 15.5. The van der Waals surface area contributed by atoms with Crippen molar-refractivity contribution in [1.29, 1.82) is 0 Å². The summed E-state index contributed by atoms with van der Waals surface area (Å²) in [6, 6.07) is 3.23. The number of carbonyl (C=O) groups excluding carboxylic acids is 1. The molecule has 0 spiro atoms. The lowest BCUT2D eigenvalue weighted by Crippen LogP contribution is -2.44. The highest BCUT2D eigenvalue weighted by Crippen LogP contribution is 2.42. The van der Waals surface area contributed by atoms with Gasteiger partial charge in [-0.25, -0.2) is 0 Å². The zero-order chi connectivity index (χ0) is 14.1. The molecule has 0 unspecified atom stereocenters. The van der Waals surface area contributed by atoms with Crippen LogP contribution < -0.4 is 4.43 Å². The van der Waals surface area contributed by atoms with Gasteiger partial charge in [0.15, 0.2) is 6.29 Å². The van der Waals surface area contributed by atoms with Crippen LogP contribution >= 0.6 is 23.2 Å². The zero-order valence-corrected chi connectivity index (χ0v) is 13.8. The first-order valence-electron chi connectivity index (χ1n) is 5.72. The van der Waals surface area contributed by atoms with Crippen molar-refractivity contribution in [2.75, 3.05) is 0 Å². The molecule has 0 aliphatic heterocycles. The minimum atomic E-state index is -2.05. The van der Waals surface area contributed by atoms with E-state index >= 15 is 0 Å². The third kappa shape index (κ3) is 3.08. The summed E-state index contributed by atoms with van der Waals surface area (Å²) < 4.78 is 6.09. The third-order valence-corrected chi connectivity index (χ3v) is 8.48. The van der Waals surface area contributed by atoms with Gasteiger partial charge < -0.3 is 4.43 Å².